The van der Waals surface area contributed by atoms with Crippen molar-refractivity contribution in [3.63, 3.8) is 0 Å². The van der Waals surface area contributed by atoms with Crippen LogP contribution in [0, 0.1) is 11.3 Å². The first-order chi connectivity index (χ1) is 5.84. The number of rotatable bonds is 5. The molecular formula is C11H22OS. The van der Waals surface area contributed by atoms with Crippen molar-refractivity contribution >= 4 is 17.5 Å². The van der Waals surface area contributed by atoms with Gasteiger partial charge in [-0.15, -0.1) is 0 Å². The lowest BCUT2D eigenvalue weighted by Gasteiger charge is -2.16. The van der Waals surface area contributed by atoms with Gasteiger partial charge in [-0.3, -0.25) is 4.79 Å². The third-order valence-corrected chi connectivity index (χ3v) is 3.16. The Morgan fingerprint density at radius 3 is 2.23 bits per heavy atom. The Morgan fingerprint density at radius 2 is 1.85 bits per heavy atom. The minimum absolute atomic E-state index is 0.154. The second-order valence-electron chi connectivity index (χ2n) is 4.89. The van der Waals surface area contributed by atoms with Crippen LogP contribution in [-0.2, 0) is 4.79 Å². The van der Waals surface area contributed by atoms with Crippen LogP contribution in [0.15, 0.2) is 0 Å². The Labute approximate surface area is 86.7 Å². The number of ketones is 1. The van der Waals surface area contributed by atoms with E-state index in [0.717, 1.165) is 23.8 Å². The largest absolute Gasteiger partial charge is 0.299 e. The van der Waals surface area contributed by atoms with Crippen molar-refractivity contribution < 1.29 is 4.79 Å². The molecule has 0 saturated carbocycles. The second kappa shape index (κ2) is 5.69. The first kappa shape index (κ1) is 13.0. The molecule has 78 valence electrons. The fourth-order valence-electron chi connectivity index (χ4n) is 0.859. The molecule has 13 heavy (non-hydrogen) atoms. The molecule has 0 fully saturated rings. The second-order valence-corrected chi connectivity index (χ2v) is 6.04. The molecule has 0 spiro atoms. The summed E-state index contributed by atoms with van der Waals surface area (Å²) in [5.41, 5.74) is -0.154. The number of carbonyl (C=O) groups excluding carboxylic acids is 1. The molecule has 0 unspecified atom stereocenters. The van der Waals surface area contributed by atoms with Gasteiger partial charge in [-0.1, -0.05) is 34.6 Å². The van der Waals surface area contributed by atoms with Crippen molar-refractivity contribution in [1.82, 2.24) is 0 Å². The van der Waals surface area contributed by atoms with Gasteiger partial charge in [-0.25, -0.2) is 0 Å². The summed E-state index contributed by atoms with van der Waals surface area (Å²) in [6.07, 6.45) is 0.723. The Bertz CT molecular complexity index is 156. The molecule has 0 aliphatic rings. The van der Waals surface area contributed by atoms with Gasteiger partial charge in [0.05, 0.1) is 0 Å². The van der Waals surface area contributed by atoms with E-state index < -0.39 is 0 Å². The van der Waals surface area contributed by atoms with E-state index in [1.807, 2.05) is 32.5 Å². The van der Waals surface area contributed by atoms with Crippen LogP contribution in [0.25, 0.3) is 0 Å². The highest BCUT2D eigenvalue weighted by Crippen LogP contribution is 2.18. The third kappa shape index (κ3) is 7.12. The van der Waals surface area contributed by atoms with E-state index >= 15 is 0 Å². The molecule has 0 aliphatic heterocycles. The number of thioether (sulfide) groups is 1. The minimum Gasteiger partial charge on any atom is -0.299 e. The quantitative estimate of drug-likeness (QED) is 0.636. The summed E-state index contributed by atoms with van der Waals surface area (Å²) in [7, 11) is 0. The highest BCUT2D eigenvalue weighted by atomic mass is 32.2. The highest BCUT2D eigenvalue weighted by molar-refractivity contribution is 7.99. The predicted octanol–water partition coefficient (Wildman–Crippen LogP) is 3.38. The standard InChI is InChI=1S/C11H22OS/c1-9(2)8-13-7-6-10(12)11(3,4)5/h9H,6-8H2,1-5H3. The average Bonchev–Trinajstić information content (AvgIpc) is 1.95. The van der Waals surface area contributed by atoms with Crippen LogP contribution in [0.1, 0.15) is 41.0 Å². The summed E-state index contributed by atoms with van der Waals surface area (Å²) in [5.74, 6) is 3.25. The lowest BCUT2D eigenvalue weighted by molar-refractivity contribution is -0.125. The van der Waals surface area contributed by atoms with Gasteiger partial charge in [0.2, 0.25) is 0 Å². The molecule has 0 aromatic carbocycles. The van der Waals surface area contributed by atoms with Gasteiger partial charge in [0.1, 0.15) is 5.78 Å². The number of hydrogen-bond donors (Lipinski definition) is 0. The van der Waals surface area contributed by atoms with Crippen molar-refractivity contribution in [2.24, 2.45) is 11.3 Å². The molecule has 0 aliphatic carbocycles. The fourth-order valence-corrected chi connectivity index (χ4v) is 1.83. The zero-order valence-corrected chi connectivity index (χ0v) is 10.3. The van der Waals surface area contributed by atoms with Gasteiger partial charge in [-0.2, -0.15) is 11.8 Å². The molecular weight excluding hydrogens is 180 g/mol. The molecule has 0 saturated heterocycles. The van der Waals surface area contributed by atoms with E-state index in [1.54, 1.807) is 0 Å². The Kier molecular flexibility index (Phi) is 5.70. The van der Waals surface area contributed by atoms with Crippen LogP contribution in [-0.4, -0.2) is 17.3 Å². The van der Waals surface area contributed by atoms with Crippen molar-refractivity contribution in [1.29, 1.82) is 0 Å². The maximum Gasteiger partial charge on any atom is 0.139 e. The van der Waals surface area contributed by atoms with E-state index in [0.29, 0.717) is 5.78 Å². The third-order valence-electron chi connectivity index (χ3n) is 1.76. The van der Waals surface area contributed by atoms with Crippen molar-refractivity contribution in [3.05, 3.63) is 0 Å². The maximum atomic E-state index is 11.5. The summed E-state index contributed by atoms with van der Waals surface area (Å²) in [4.78, 5) is 11.5. The normalized spacial score (nSPS) is 12.2. The van der Waals surface area contributed by atoms with Gasteiger partial charge in [0, 0.05) is 17.6 Å². The summed E-state index contributed by atoms with van der Waals surface area (Å²) in [6.45, 7) is 10.4. The monoisotopic (exact) mass is 202 g/mol. The molecule has 0 heterocycles. The molecule has 0 radical (unpaired) electrons. The zero-order valence-electron chi connectivity index (χ0n) is 9.52. The topological polar surface area (TPSA) is 17.1 Å². The predicted molar refractivity (Wildman–Crippen MR) is 61.2 cm³/mol. The van der Waals surface area contributed by atoms with Gasteiger partial charge in [0.25, 0.3) is 0 Å². The highest BCUT2D eigenvalue weighted by Gasteiger charge is 2.19. The molecule has 0 aromatic heterocycles. The Morgan fingerprint density at radius 1 is 1.31 bits per heavy atom. The van der Waals surface area contributed by atoms with Crippen molar-refractivity contribution in [2.45, 2.75) is 41.0 Å². The number of carbonyl (C=O) groups is 1. The van der Waals surface area contributed by atoms with Crippen LogP contribution in [0.5, 0.6) is 0 Å². The molecule has 2 heteroatoms. The Balaban J connectivity index is 3.49. The van der Waals surface area contributed by atoms with Crippen LogP contribution in [0.2, 0.25) is 0 Å². The first-order valence-electron chi connectivity index (χ1n) is 4.95. The number of hydrogen-bond acceptors (Lipinski definition) is 2. The van der Waals surface area contributed by atoms with Gasteiger partial charge in [-0.05, 0) is 11.7 Å². The van der Waals surface area contributed by atoms with E-state index in [1.165, 1.54) is 0 Å². The summed E-state index contributed by atoms with van der Waals surface area (Å²) >= 11 is 1.88. The first-order valence-corrected chi connectivity index (χ1v) is 6.10. The van der Waals surface area contributed by atoms with Crippen LogP contribution in [0.4, 0.5) is 0 Å². The average molecular weight is 202 g/mol. The Hall–Kier alpha value is 0.0200. The van der Waals surface area contributed by atoms with Gasteiger partial charge >= 0.3 is 0 Å². The molecule has 0 rings (SSSR count). The fraction of sp³-hybridized carbons (Fsp3) is 0.909. The molecule has 0 atom stereocenters. The lowest BCUT2D eigenvalue weighted by Crippen LogP contribution is -2.20. The van der Waals surface area contributed by atoms with E-state index in [2.05, 4.69) is 13.8 Å². The molecule has 0 amide bonds. The SMILES string of the molecule is CC(C)CSCCC(=O)C(C)(C)C. The van der Waals surface area contributed by atoms with Gasteiger partial charge < -0.3 is 0 Å². The summed E-state index contributed by atoms with van der Waals surface area (Å²) < 4.78 is 0. The van der Waals surface area contributed by atoms with Crippen molar-refractivity contribution in [3.8, 4) is 0 Å². The molecule has 1 nitrogen and oxygen atoms in total. The molecule has 0 N–H and O–H groups in total. The van der Waals surface area contributed by atoms with Crippen LogP contribution >= 0.6 is 11.8 Å². The lowest BCUT2D eigenvalue weighted by atomic mass is 9.89. The van der Waals surface area contributed by atoms with Crippen molar-refractivity contribution in [2.75, 3.05) is 11.5 Å². The maximum absolute atomic E-state index is 11.5. The van der Waals surface area contributed by atoms with E-state index in [9.17, 15) is 4.79 Å². The van der Waals surface area contributed by atoms with Gasteiger partial charge in [0.15, 0.2) is 0 Å². The molecule has 0 aromatic rings. The smallest absolute Gasteiger partial charge is 0.139 e. The number of Topliss-reactive ketones (excluding diaryl/α,β-unsaturated/α-hetero) is 1. The summed E-state index contributed by atoms with van der Waals surface area (Å²) in [6, 6.07) is 0. The van der Waals surface area contributed by atoms with E-state index in [4.69, 9.17) is 0 Å². The van der Waals surface area contributed by atoms with E-state index in [-0.39, 0.29) is 5.41 Å². The van der Waals surface area contributed by atoms with Crippen LogP contribution < -0.4 is 0 Å². The summed E-state index contributed by atoms with van der Waals surface area (Å²) in [5, 5.41) is 0. The molecule has 0 bridgehead atoms. The zero-order chi connectivity index (χ0) is 10.5. The minimum atomic E-state index is -0.154. The van der Waals surface area contributed by atoms with Crippen LogP contribution in [0.3, 0.4) is 0 Å².